The Bertz CT molecular complexity index is 322. The molecule has 0 amide bonds. The fourth-order valence-electron chi connectivity index (χ4n) is 1.89. The van der Waals surface area contributed by atoms with Crippen LogP contribution in [0.25, 0.3) is 0 Å². The van der Waals surface area contributed by atoms with Crippen molar-refractivity contribution >= 4 is 0 Å². The summed E-state index contributed by atoms with van der Waals surface area (Å²) in [6, 6.07) is 5.37. The Hall–Kier alpha value is -1.22. The molecule has 1 aliphatic heterocycles. The smallest absolute Gasteiger partial charge is 0.126 e. The normalized spacial score (nSPS) is 19.9. The molecule has 14 heavy (non-hydrogen) atoms. The van der Waals surface area contributed by atoms with Crippen LogP contribution in [0.3, 0.4) is 0 Å². The average molecular weight is 194 g/mol. The van der Waals surface area contributed by atoms with Crippen molar-refractivity contribution in [2.75, 3.05) is 20.3 Å². The van der Waals surface area contributed by atoms with Crippen molar-refractivity contribution in [2.45, 2.75) is 12.3 Å². The molecule has 0 aromatic heterocycles. The third kappa shape index (κ3) is 1.55. The first kappa shape index (κ1) is 9.34. The zero-order chi connectivity index (χ0) is 9.97. The molecule has 3 heteroatoms. The van der Waals surface area contributed by atoms with Crippen LogP contribution < -0.4 is 4.74 Å². The molecule has 0 bridgehead atoms. The lowest BCUT2D eigenvalue weighted by Crippen LogP contribution is -2.17. The van der Waals surface area contributed by atoms with Gasteiger partial charge in [0.05, 0.1) is 13.2 Å². The average Bonchev–Trinajstić information content (AvgIpc) is 2.19. The van der Waals surface area contributed by atoms with Crippen LogP contribution in [0.4, 0.5) is 0 Å². The van der Waals surface area contributed by atoms with Crippen LogP contribution in [0.1, 0.15) is 17.9 Å². The van der Waals surface area contributed by atoms with Gasteiger partial charge in [0.15, 0.2) is 0 Å². The molecule has 1 heterocycles. The second kappa shape index (κ2) is 3.88. The highest BCUT2D eigenvalue weighted by atomic mass is 16.5. The van der Waals surface area contributed by atoms with Crippen LogP contribution in [0.5, 0.6) is 11.5 Å². The Morgan fingerprint density at radius 2 is 2.43 bits per heavy atom. The van der Waals surface area contributed by atoms with Gasteiger partial charge in [-0.1, -0.05) is 6.07 Å². The molecular formula is C11H14O3. The predicted molar refractivity (Wildman–Crippen MR) is 52.8 cm³/mol. The standard InChI is InChI=1S/C11H14O3/c1-13-7-8-5-6-14-10-4-2-3-9(12)11(8)10/h2-4,8,12H,5-7H2,1H3. The van der Waals surface area contributed by atoms with E-state index in [0.29, 0.717) is 19.0 Å². The van der Waals surface area contributed by atoms with Crippen LogP contribution in [-0.2, 0) is 4.74 Å². The fraction of sp³-hybridized carbons (Fsp3) is 0.455. The van der Waals surface area contributed by atoms with Gasteiger partial charge in [-0.2, -0.15) is 0 Å². The number of fused-ring (bicyclic) bond motifs is 1. The summed E-state index contributed by atoms with van der Waals surface area (Å²) >= 11 is 0. The summed E-state index contributed by atoms with van der Waals surface area (Å²) in [5.41, 5.74) is 0.889. The molecule has 0 saturated heterocycles. The van der Waals surface area contributed by atoms with E-state index in [-0.39, 0.29) is 5.92 Å². The summed E-state index contributed by atoms with van der Waals surface area (Å²) < 4.78 is 10.6. The van der Waals surface area contributed by atoms with Gasteiger partial charge in [-0.25, -0.2) is 0 Å². The molecule has 3 nitrogen and oxygen atoms in total. The molecule has 1 aromatic carbocycles. The molecule has 76 valence electrons. The number of hydrogen-bond acceptors (Lipinski definition) is 3. The van der Waals surface area contributed by atoms with E-state index >= 15 is 0 Å². The van der Waals surface area contributed by atoms with Gasteiger partial charge in [0.25, 0.3) is 0 Å². The van der Waals surface area contributed by atoms with E-state index < -0.39 is 0 Å². The maximum atomic E-state index is 9.72. The first-order valence-corrected chi connectivity index (χ1v) is 4.76. The minimum Gasteiger partial charge on any atom is -0.508 e. The summed E-state index contributed by atoms with van der Waals surface area (Å²) in [5.74, 6) is 1.35. The zero-order valence-corrected chi connectivity index (χ0v) is 8.19. The molecule has 1 aromatic rings. The molecule has 0 radical (unpaired) electrons. The third-order valence-electron chi connectivity index (χ3n) is 2.54. The Morgan fingerprint density at radius 3 is 3.21 bits per heavy atom. The first-order valence-electron chi connectivity index (χ1n) is 4.76. The van der Waals surface area contributed by atoms with E-state index in [1.54, 1.807) is 19.2 Å². The summed E-state index contributed by atoms with van der Waals surface area (Å²) in [6.07, 6.45) is 0.901. The molecule has 1 N–H and O–H groups in total. The molecule has 0 saturated carbocycles. The highest BCUT2D eigenvalue weighted by Crippen LogP contribution is 2.39. The summed E-state index contributed by atoms with van der Waals surface area (Å²) in [7, 11) is 1.68. The lowest BCUT2D eigenvalue weighted by molar-refractivity contribution is 0.151. The molecule has 1 aliphatic rings. The second-order valence-corrected chi connectivity index (χ2v) is 3.48. The highest BCUT2D eigenvalue weighted by molar-refractivity contribution is 5.47. The number of phenols is 1. The quantitative estimate of drug-likeness (QED) is 0.781. The Balaban J connectivity index is 2.36. The van der Waals surface area contributed by atoms with Crippen LogP contribution in [-0.4, -0.2) is 25.4 Å². The van der Waals surface area contributed by atoms with Crippen molar-refractivity contribution in [3.05, 3.63) is 23.8 Å². The number of ether oxygens (including phenoxy) is 2. The van der Waals surface area contributed by atoms with Gasteiger partial charge in [-0.15, -0.1) is 0 Å². The van der Waals surface area contributed by atoms with E-state index in [4.69, 9.17) is 9.47 Å². The van der Waals surface area contributed by atoms with E-state index in [9.17, 15) is 5.11 Å². The molecule has 1 atom stereocenters. The van der Waals surface area contributed by atoms with Gasteiger partial charge in [0.2, 0.25) is 0 Å². The number of aromatic hydroxyl groups is 1. The maximum Gasteiger partial charge on any atom is 0.126 e. The van der Waals surface area contributed by atoms with Crippen molar-refractivity contribution in [3.63, 3.8) is 0 Å². The van der Waals surface area contributed by atoms with Crippen LogP contribution in [0, 0.1) is 0 Å². The minimum absolute atomic E-state index is 0.255. The first-order chi connectivity index (χ1) is 6.83. The van der Waals surface area contributed by atoms with Gasteiger partial charge in [0, 0.05) is 18.6 Å². The number of methoxy groups -OCH3 is 1. The molecular weight excluding hydrogens is 180 g/mol. The molecule has 2 rings (SSSR count). The third-order valence-corrected chi connectivity index (χ3v) is 2.54. The van der Waals surface area contributed by atoms with Crippen molar-refractivity contribution in [2.24, 2.45) is 0 Å². The van der Waals surface area contributed by atoms with Gasteiger partial charge < -0.3 is 14.6 Å². The highest BCUT2D eigenvalue weighted by Gasteiger charge is 2.24. The minimum atomic E-state index is 0.255. The van der Waals surface area contributed by atoms with E-state index in [2.05, 4.69) is 0 Å². The van der Waals surface area contributed by atoms with Crippen molar-refractivity contribution in [1.29, 1.82) is 0 Å². The number of phenolic OH excluding ortho intramolecular Hbond substituents is 1. The monoisotopic (exact) mass is 194 g/mol. The molecule has 0 spiro atoms. The summed E-state index contributed by atoms with van der Waals surface area (Å²) in [4.78, 5) is 0. The van der Waals surface area contributed by atoms with Gasteiger partial charge in [0.1, 0.15) is 11.5 Å². The SMILES string of the molecule is COCC1CCOc2cccc(O)c21. The lowest BCUT2D eigenvalue weighted by atomic mass is 9.93. The van der Waals surface area contributed by atoms with Gasteiger partial charge in [-0.3, -0.25) is 0 Å². The van der Waals surface area contributed by atoms with Crippen molar-refractivity contribution < 1.29 is 14.6 Å². The Morgan fingerprint density at radius 1 is 1.57 bits per heavy atom. The van der Waals surface area contributed by atoms with Crippen LogP contribution in [0.15, 0.2) is 18.2 Å². The van der Waals surface area contributed by atoms with E-state index in [0.717, 1.165) is 17.7 Å². The molecule has 0 fully saturated rings. The topological polar surface area (TPSA) is 38.7 Å². The molecule has 0 aliphatic carbocycles. The Labute approximate surface area is 83.3 Å². The summed E-state index contributed by atoms with van der Waals surface area (Å²) in [5, 5.41) is 9.72. The number of rotatable bonds is 2. The van der Waals surface area contributed by atoms with Gasteiger partial charge in [-0.05, 0) is 18.6 Å². The molecule has 1 unspecified atom stereocenters. The zero-order valence-electron chi connectivity index (χ0n) is 8.19. The Kier molecular flexibility index (Phi) is 2.59. The largest absolute Gasteiger partial charge is 0.508 e. The number of benzene rings is 1. The van der Waals surface area contributed by atoms with E-state index in [1.165, 1.54) is 0 Å². The fourth-order valence-corrected chi connectivity index (χ4v) is 1.89. The van der Waals surface area contributed by atoms with Crippen molar-refractivity contribution in [1.82, 2.24) is 0 Å². The van der Waals surface area contributed by atoms with Crippen LogP contribution >= 0.6 is 0 Å². The summed E-state index contributed by atoms with van der Waals surface area (Å²) in [6.45, 7) is 1.33. The lowest BCUT2D eigenvalue weighted by Gasteiger charge is -2.25. The maximum absolute atomic E-state index is 9.72. The van der Waals surface area contributed by atoms with Crippen LogP contribution in [0.2, 0.25) is 0 Å². The number of hydrogen-bond donors (Lipinski definition) is 1. The second-order valence-electron chi connectivity index (χ2n) is 3.48. The van der Waals surface area contributed by atoms with Crippen molar-refractivity contribution in [3.8, 4) is 11.5 Å². The predicted octanol–water partition coefficient (Wildman–Crippen LogP) is 1.90. The van der Waals surface area contributed by atoms with E-state index in [1.807, 2.05) is 6.07 Å². The van der Waals surface area contributed by atoms with Gasteiger partial charge >= 0.3 is 0 Å².